The van der Waals surface area contributed by atoms with Crippen LogP contribution in [0, 0.1) is 19.3 Å². The minimum absolute atomic E-state index is 0.0375. The van der Waals surface area contributed by atoms with Gasteiger partial charge in [-0.2, -0.15) is 0 Å². The van der Waals surface area contributed by atoms with Crippen LogP contribution < -0.4 is 0 Å². The monoisotopic (exact) mass is 308 g/mol. The minimum Gasteiger partial charge on any atom is -0.508 e. The second-order valence-electron chi connectivity index (χ2n) is 8.24. The molecule has 2 atom stereocenters. The van der Waals surface area contributed by atoms with Crippen molar-refractivity contribution in [2.45, 2.75) is 51.9 Å². The highest BCUT2D eigenvalue weighted by molar-refractivity contribution is 5.65. The molecule has 2 unspecified atom stereocenters. The molecule has 2 aliphatic rings. The van der Waals surface area contributed by atoms with Crippen molar-refractivity contribution in [2.24, 2.45) is 5.41 Å². The summed E-state index contributed by atoms with van der Waals surface area (Å²) >= 11 is 0. The number of hydrogen-bond donors (Lipinski definition) is 2. The van der Waals surface area contributed by atoms with E-state index in [0.717, 1.165) is 24.0 Å². The molecule has 0 amide bonds. The molecule has 0 spiro atoms. The Labute approximate surface area is 137 Å². The third kappa shape index (κ3) is 1.75. The van der Waals surface area contributed by atoms with Crippen LogP contribution in [0.2, 0.25) is 0 Å². The molecule has 0 aromatic heterocycles. The van der Waals surface area contributed by atoms with Crippen LogP contribution in [0.15, 0.2) is 30.3 Å². The summed E-state index contributed by atoms with van der Waals surface area (Å²) in [6.45, 7) is 8.68. The van der Waals surface area contributed by atoms with E-state index in [0.29, 0.717) is 17.4 Å². The number of fused-ring (bicyclic) bond motifs is 4. The standard InChI is InChI=1S/C21H24O2/c1-12-9-14(5-7-17(12)22)21-11-20(3,4)10-16(21)19-13(2)18(23)8-6-15(19)21/h5-9,16,22-23H,10-11H2,1-4H3. The van der Waals surface area contributed by atoms with Gasteiger partial charge in [-0.1, -0.05) is 32.0 Å². The lowest BCUT2D eigenvalue weighted by Gasteiger charge is -2.49. The molecule has 120 valence electrons. The predicted molar refractivity (Wildman–Crippen MR) is 92.2 cm³/mol. The number of rotatable bonds is 1. The Hall–Kier alpha value is -1.96. The molecule has 0 bridgehead atoms. The van der Waals surface area contributed by atoms with Gasteiger partial charge in [0.15, 0.2) is 0 Å². The van der Waals surface area contributed by atoms with E-state index in [1.807, 2.05) is 26.0 Å². The topological polar surface area (TPSA) is 40.5 Å². The fourth-order valence-electron chi connectivity index (χ4n) is 5.18. The first-order valence-corrected chi connectivity index (χ1v) is 8.39. The maximum absolute atomic E-state index is 10.1. The molecule has 2 aromatic rings. The van der Waals surface area contributed by atoms with Gasteiger partial charge in [0, 0.05) is 5.41 Å². The average Bonchev–Trinajstić information content (AvgIpc) is 2.71. The van der Waals surface area contributed by atoms with E-state index in [2.05, 4.69) is 32.0 Å². The molecular formula is C21H24O2. The number of phenolic OH excluding ortho intramolecular Hbond substituents is 2. The molecule has 0 aliphatic heterocycles. The van der Waals surface area contributed by atoms with Gasteiger partial charge in [-0.3, -0.25) is 0 Å². The van der Waals surface area contributed by atoms with Crippen LogP contribution >= 0.6 is 0 Å². The molecule has 2 heteroatoms. The van der Waals surface area contributed by atoms with Gasteiger partial charge >= 0.3 is 0 Å². The highest BCUT2D eigenvalue weighted by Crippen LogP contribution is 2.70. The molecule has 0 radical (unpaired) electrons. The first-order chi connectivity index (χ1) is 10.8. The van der Waals surface area contributed by atoms with Crippen LogP contribution in [-0.2, 0) is 5.41 Å². The summed E-state index contributed by atoms with van der Waals surface area (Å²) in [6.07, 6.45) is 2.26. The van der Waals surface area contributed by atoms with E-state index in [1.165, 1.54) is 16.7 Å². The maximum atomic E-state index is 10.1. The van der Waals surface area contributed by atoms with Gasteiger partial charge in [0.2, 0.25) is 0 Å². The van der Waals surface area contributed by atoms with Gasteiger partial charge in [0.1, 0.15) is 11.5 Å². The lowest BCUT2D eigenvalue weighted by molar-refractivity contribution is 0.351. The summed E-state index contributed by atoms with van der Waals surface area (Å²) in [5.41, 5.74) is 6.31. The zero-order valence-electron chi connectivity index (χ0n) is 14.3. The number of aryl methyl sites for hydroxylation is 1. The molecule has 2 N–H and O–H groups in total. The number of aromatic hydroxyl groups is 2. The minimum atomic E-state index is 0.0375. The largest absolute Gasteiger partial charge is 0.508 e. The summed E-state index contributed by atoms with van der Waals surface area (Å²) in [4.78, 5) is 0. The van der Waals surface area contributed by atoms with Crippen LogP contribution in [0.25, 0.3) is 0 Å². The van der Waals surface area contributed by atoms with Crippen LogP contribution in [0.3, 0.4) is 0 Å². The Bertz CT molecular complexity index is 819. The average molecular weight is 308 g/mol. The van der Waals surface area contributed by atoms with Crippen molar-refractivity contribution in [3.05, 3.63) is 58.1 Å². The Morgan fingerprint density at radius 3 is 2.39 bits per heavy atom. The Morgan fingerprint density at radius 2 is 1.70 bits per heavy atom. The molecule has 0 heterocycles. The highest BCUT2D eigenvalue weighted by Gasteiger charge is 2.61. The second kappa shape index (κ2) is 4.31. The molecule has 1 saturated carbocycles. The fourth-order valence-corrected chi connectivity index (χ4v) is 5.18. The Balaban J connectivity index is 1.96. The highest BCUT2D eigenvalue weighted by atomic mass is 16.3. The number of phenols is 2. The van der Waals surface area contributed by atoms with Gasteiger partial charge in [-0.05, 0) is 78.0 Å². The van der Waals surface area contributed by atoms with Crippen molar-refractivity contribution in [1.29, 1.82) is 0 Å². The third-order valence-electron chi connectivity index (χ3n) is 6.14. The predicted octanol–water partition coefficient (Wildman–Crippen LogP) is 4.92. The number of benzene rings is 2. The molecule has 2 aliphatic carbocycles. The van der Waals surface area contributed by atoms with Crippen molar-refractivity contribution < 1.29 is 10.2 Å². The molecule has 2 aromatic carbocycles. The van der Waals surface area contributed by atoms with E-state index in [1.54, 1.807) is 0 Å². The molecule has 1 fully saturated rings. The summed E-state index contributed by atoms with van der Waals surface area (Å²) in [6, 6.07) is 10.0. The lowest BCUT2D eigenvalue weighted by Crippen LogP contribution is -2.41. The van der Waals surface area contributed by atoms with Crippen LogP contribution in [-0.4, -0.2) is 10.2 Å². The van der Waals surface area contributed by atoms with E-state index >= 15 is 0 Å². The van der Waals surface area contributed by atoms with Gasteiger partial charge in [0.05, 0.1) is 0 Å². The molecule has 0 saturated heterocycles. The summed E-state index contributed by atoms with van der Waals surface area (Å²) in [7, 11) is 0. The first kappa shape index (κ1) is 14.6. The van der Waals surface area contributed by atoms with Gasteiger partial charge in [-0.15, -0.1) is 0 Å². The first-order valence-electron chi connectivity index (χ1n) is 8.39. The Morgan fingerprint density at radius 1 is 1.00 bits per heavy atom. The molecule has 2 nitrogen and oxygen atoms in total. The smallest absolute Gasteiger partial charge is 0.118 e. The fraction of sp³-hybridized carbons (Fsp3) is 0.429. The normalized spacial score (nSPS) is 27.2. The van der Waals surface area contributed by atoms with Crippen molar-refractivity contribution in [1.82, 2.24) is 0 Å². The van der Waals surface area contributed by atoms with Crippen molar-refractivity contribution in [2.75, 3.05) is 0 Å². The van der Waals surface area contributed by atoms with Crippen molar-refractivity contribution >= 4 is 0 Å². The van der Waals surface area contributed by atoms with Gasteiger partial charge < -0.3 is 10.2 Å². The van der Waals surface area contributed by atoms with E-state index in [-0.39, 0.29) is 10.8 Å². The number of hydrogen-bond acceptors (Lipinski definition) is 2. The molecular weight excluding hydrogens is 284 g/mol. The molecule has 23 heavy (non-hydrogen) atoms. The summed E-state index contributed by atoms with van der Waals surface area (Å²) in [5, 5.41) is 20.0. The van der Waals surface area contributed by atoms with Crippen molar-refractivity contribution in [3.63, 3.8) is 0 Å². The quantitative estimate of drug-likeness (QED) is 0.785. The Kier molecular flexibility index (Phi) is 2.74. The van der Waals surface area contributed by atoms with E-state index in [9.17, 15) is 10.2 Å². The zero-order chi connectivity index (χ0) is 16.6. The SMILES string of the molecule is Cc1cc(C23CC(C)(C)CC2c2c3ccc(O)c2C)ccc1O. The third-order valence-corrected chi connectivity index (χ3v) is 6.14. The van der Waals surface area contributed by atoms with Crippen LogP contribution in [0.5, 0.6) is 11.5 Å². The second-order valence-corrected chi connectivity index (χ2v) is 8.24. The summed E-state index contributed by atoms with van der Waals surface area (Å²) in [5.74, 6) is 1.23. The van der Waals surface area contributed by atoms with Crippen LogP contribution in [0.4, 0.5) is 0 Å². The maximum Gasteiger partial charge on any atom is 0.118 e. The van der Waals surface area contributed by atoms with Crippen molar-refractivity contribution in [3.8, 4) is 11.5 Å². The van der Waals surface area contributed by atoms with E-state index < -0.39 is 0 Å². The molecule has 4 rings (SSSR count). The van der Waals surface area contributed by atoms with E-state index in [4.69, 9.17) is 0 Å². The zero-order valence-corrected chi connectivity index (χ0v) is 14.3. The van der Waals surface area contributed by atoms with Gasteiger partial charge in [-0.25, -0.2) is 0 Å². The summed E-state index contributed by atoms with van der Waals surface area (Å²) < 4.78 is 0. The van der Waals surface area contributed by atoms with Crippen LogP contribution in [0.1, 0.15) is 60.4 Å². The lowest BCUT2D eigenvalue weighted by atomic mass is 9.53. The van der Waals surface area contributed by atoms with Gasteiger partial charge in [0.25, 0.3) is 0 Å².